The van der Waals surface area contributed by atoms with E-state index in [-0.39, 0.29) is 12.2 Å². The van der Waals surface area contributed by atoms with E-state index in [4.69, 9.17) is 9.72 Å². The van der Waals surface area contributed by atoms with Gasteiger partial charge in [-0.2, -0.15) is 0 Å². The number of Topliss-reactive ketones (excluding diaryl/α,β-unsaturated/α-hetero) is 1. The lowest BCUT2D eigenvalue weighted by atomic mass is 9.90. The van der Waals surface area contributed by atoms with Gasteiger partial charge in [-0.1, -0.05) is 12.1 Å². The predicted molar refractivity (Wildman–Crippen MR) is 121 cm³/mol. The Bertz CT molecular complexity index is 1110. The van der Waals surface area contributed by atoms with Crippen LogP contribution in [-0.2, 0) is 11.2 Å². The largest absolute Gasteiger partial charge is 0.356 e. The van der Waals surface area contributed by atoms with Crippen LogP contribution in [0, 0.1) is 4.91 Å². The van der Waals surface area contributed by atoms with E-state index in [9.17, 15) is 9.70 Å². The highest BCUT2D eigenvalue weighted by Crippen LogP contribution is 2.30. The molecule has 1 saturated heterocycles. The summed E-state index contributed by atoms with van der Waals surface area (Å²) in [5.74, 6) is 1.16. The Morgan fingerprint density at radius 1 is 1.29 bits per heavy atom. The minimum absolute atomic E-state index is 0.00857. The number of nitroso groups, excluding NO2 is 1. The summed E-state index contributed by atoms with van der Waals surface area (Å²) in [5, 5.41) is 3.07. The summed E-state index contributed by atoms with van der Waals surface area (Å²) in [6.07, 6.45) is 1.80. The number of carbonyl (C=O) groups is 1. The fourth-order valence-electron chi connectivity index (χ4n) is 4.45. The maximum atomic E-state index is 11.9. The summed E-state index contributed by atoms with van der Waals surface area (Å²) < 4.78 is 7.24. The third-order valence-electron chi connectivity index (χ3n) is 6.10. The molecule has 7 nitrogen and oxygen atoms in total. The summed E-state index contributed by atoms with van der Waals surface area (Å²) in [6, 6.07) is 14.1. The Morgan fingerprint density at radius 3 is 2.84 bits per heavy atom. The fraction of sp³-hybridized carbons (Fsp3) is 0.417. The Morgan fingerprint density at radius 2 is 2.13 bits per heavy atom. The van der Waals surface area contributed by atoms with Crippen molar-refractivity contribution in [2.45, 2.75) is 38.3 Å². The molecule has 2 unspecified atom stereocenters. The van der Waals surface area contributed by atoms with Crippen LogP contribution in [0.1, 0.15) is 47.4 Å². The number of ether oxygens (including phenoxy) is 1. The van der Waals surface area contributed by atoms with E-state index in [1.54, 1.807) is 13.0 Å². The molecule has 4 rings (SSSR count). The average Bonchev–Trinajstić information content (AvgIpc) is 3.14. The molecule has 1 fully saturated rings. The van der Waals surface area contributed by atoms with Gasteiger partial charge in [0.15, 0.2) is 12.0 Å². The molecule has 0 radical (unpaired) electrons. The lowest BCUT2D eigenvalue weighted by Gasteiger charge is -2.30. The van der Waals surface area contributed by atoms with Crippen LogP contribution in [0.25, 0.3) is 16.7 Å². The van der Waals surface area contributed by atoms with Crippen molar-refractivity contribution in [3.8, 4) is 5.69 Å². The summed E-state index contributed by atoms with van der Waals surface area (Å²) in [7, 11) is 3.63. The highest BCUT2D eigenvalue weighted by Gasteiger charge is 2.22. The van der Waals surface area contributed by atoms with Gasteiger partial charge < -0.3 is 9.64 Å². The first-order chi connectivity index (χ1) is 15.0. The van der Waals surface area contributed by atoms with E-state index in [1.165, 1.54) is 25.5 Å². The van der Waals surface area contributed by atoms with Crippen molar-refractivity contribution < 1.29 is 9.53 Å². The fourth-order valence-corrected chi connectivity index (χ4v) is 4.45. The molecule has 2 atom stereocenters. The number of methoxy groups -OCH3 is 1. The minimum Gasteiger partial charge on any atom is -0.356 e. The highest BCUT2D eigenvalue weighted by atomic mass is 16.5. The Labute approximate surface area is 182 Å². The average molecular weight is 421 g/mol. The van der Waals surface area contributed by atoms with Gasteiger partial charge in [0, 0.05) is 24.9 Å². The Hall–Kier alpha value is -2.90. The molecule has 0 aliphatic carbocycles. The number of hydrogen-bond acceptors (Lipinski definition) is 6. The quantitative estimate of drug-likeness (QED) is 0.420. The molecule has 1 aliphatic heterocycles. The summed E-state index contributed by atoms with van der Waals surface area (Å²) in [4.78, 5) is 30.2. The number of aromatic nitrogens is 2. The lowest BCUT2D eigenvalue weighted by Crippen LogP contribution is -2.30. The third kappa shape index (κ3) is 4.43. The molecule has 0 amide bonds. The van der Waals surface area contributed by atoms with Crippen molar-refractivity contribution in [2.75, 3.05) is 27.2 Å². The second kappa shape index (κ2) is 9.08. The van der Waals surface area contributed by atoms with Crippen LogP contribution in [-0.4, -0.2) is 53.7 Å². The van der Waals surface area contributed by atoms with Crippen molar-refractivity contribution in [3.05, 3.63) is 64.3 Å². The maximum Gasteiger partial charge on any atom is 0.196 e. The molecule has 0 N–H and O–H groups in total. The number of imidazole rings is 1. The molecule has 1 aliphatic rings. The number of carbonyl (C=O) groups excluding carboxylic acids is 1. The van der Waals surface area contributed by atoms with Gasteiger partial charge in [-0.25, -0.2) is 4.98 Å². The molecular formula is C24H28N4O3. The summed E-state index contributed by atoms with van der Waals surface area (Å²) >= 11 is 0. The molecule has 1 aromatic heterocycles. The van der Waals surface area contributed by atoms with Gasteiger partial charge in [-0.3, -0.25) is 9.36 Å². The van der Waals surface area contributed by atoms with Crippen LogP contribution < -0.4 is 0 Å². The van der Waals surface area contributed by atoms with E-state index in [1.807, 2.05) is 16.7 Å². The van der Waals surface area contributed by atoms with Crippen molar-refractivity contribution in [1.82, 2.24) is 14.5 Å². The van der Waals surface area contributed by atoms with E-state index in [2.05, 4.69) is 41.4 Å². The van der Waals surface area contributed by atoms with Crippen molar-refractivity contribution in [3.63, 3.8) is 0 Å². The molecular weight excluding hydrogens is 392 g/mol. The van der Waals surface area contributed by atoms with Crippen LogP contribution in [0.3, 0.4) is 0 Å². The number of likely N-dealkylation sites (tertiary alicyclic amines) is 1. The number of nitrogens with zero attached hydrogens (tertiary/aromatic N) is 4. The van der Waals surface area contributed by atoms with Crippen LogP contribution in [0.5, 0.6) is 0 Å². The van der Waals surface area contributed by atoms with Gasteiger partial charge in [-0.15, -0.1) is 4.91 Å². The lowest BCUT2D eigenvalue weighted by molar-refractivity contribution is 0.101. The number of benzene rings is 2. The zero-order chi connectivity index (χ0) is 22.0. The monoisotopic (exact) mass is 420 g/mol. The highest BCUT2D eigenvalue weighted by molar-refractivity contribution is 5.97. The topological polar surface area (TPSA) is 76.8 Å². The number of ketones is 1. The van der Waals surface area contributed by atoms with Gasteiger partial charge in [-0.05, 0) is 80.3 Å². The number of piperidine rings is 1. The Balaban J connectivity index is 1.82. The van der Waals surface area contributed by atoms with E-state index in [0.29, 0.717) is 22.8 Å². The Kier molecular flexibility index (Phi) is 6.25. The first-order valence-corrected chi connectivity index (χ1v) is 10.7. The minimum atomic E-state index is -0.821. The molecule has 2 heterocycles. The van der Waals surface area contributed by atoms with Crippen molar-refractivity contribution >= 4 is 16.8 Å². The normalized spacial score (nSPS) is 18.2. The van der Waals surface area contributed by atoms with Gasteiger partial charge in [0.2, 0.25) is 0 Å². The predicted octanol–water partition coefficient (Wildman–Crippen LogP) is 4.32. The van der Waals surface area contributed by atoms with Crippen LogP contribution >= 0.6 is 0 Å². The maximum absolute atomic E-state index is 11.9. The number of likely N-dealkylation sites (N-methyl/N-ethyl adjacent to an activating group) is 1. The van der Waals surface area contributed by atoms with Crippen LogP contribution in [0.15, 0.2) is 47.6 Å². The SMILES string of the molecule is COC(Cc1nc2cc(C(C)=O)ccc2n1-c1cccc(C2CCCN(C)C2)c1)N=O. The molecule has 31 heavy (non-hydrogen) atoms. The molecule has 0 spiro atoms. The van der Waals surface area contributed by atoms with E-state index in [0.717, 1.165) is 24.3 Å². The van der Waals surface area contributed by atoms with Crippen molar-refractivity contribution in [1.29, 1.82) is 0 Å². The molecule has 162 valence electrons. The van der Waals surface area contributed by atoms with Gasteiger partial charge in [0.1, 0.15) is 5.82 Å². The van der Waals surface area contributed by atoms with Gasteiger partial charge in [0.25, 0.3) is 0 Å². The first-order valence-electron chi connectivity index (χ1n) is 10.7. The second-order valence-electron chi connectivity index (χ2n) is 8.32. The third-order valence-corrected chi connectivity index (χ3v) is 6.10. The van der Waals surface area contributed by atoms with Crippen LogP contribution in [0.4, 0.5) is 0 Å². The number of hydrogen-bond donors (Lipinski definition) is 0. The van der Waals surface area contributed by atoms with Gasteiger partial charge in [0.05, 0.1) is 17.5 Å². The van der Waals surface area contributed by atoms with E-state index >= 15 is 0 Å². The molecule has 3 aromatic rings. The van der Waals surface area contributed by atoms with E-state index < -0.39 is 6.23 Å². The summed E-state index contributed by atoms with van der Waals surface area (Å²) in [5.41, 5.74) is 4.50. The van der Waals surface area contributed by atoms with Gasteiger partial charge >= 0.3 is 0 Å². The first kappa shape index (κ1) is 21.3. The molecule has 0 saturated carbocycles. The van der Waals surface area contributed by atoms with Crippen molar-refractivity contribution in [2.24, 2.45) is 5.18 Å². The number of rotatable bonds is 7. The standard InChI is InChI=1S/C24H28N4O3/c1-16(29)17-9-10-22-21(13-17)25-23(14-24(26-30)31-3)28(22)20-8-4-6-18(12-20)19-7-5-11-27(2)15-19/h4,6,8-10,12-13,19,24H,5,7,11,14-15H2,1-3H3. The zero-order valence-corrected chi connectivity index (χ0v) is 18.2. The molecule has 0 bridgehead atoms. The molecule has 2 aromatic carbocycles. The zero-order valence-electron chi connectivity index (χ0n) is 18.2. The smallest absolute Gasteiger partial charge is 0.196 e. The molecule has 7 heteroatoms. The second-order valence-corrected chi connectivity index (χ2v) is 8.32. The van der Waals surface area contributed by atoms with Crippen LogP contribution in [0.2, 0.25) is 0 Å². The summed E-state index contributed by atoms with van der Waals surface area (Å²) in [6.45, 7) is 3.73. The number of fused-ring (bicyclic) bond motifs is 1.